The molecule has 0 radical (unpaired) electrons. The Morgan fingerprint density at radius 3 is 2.32 bits per heavy atom. The Labute approximate surface area is 123 Å². The first-order valence-corrected chi connectivity index (χ1v) is 7.59. The lowest BCUT2D eigenvalue weighted by molar-refractivity contribution is -0.137. The summed E-state index contributed by atoms with van der Waals surface area (Å²) in [5.74, 6) is 0. The lowest BCUT2D eigenvalue weighted by atomic mass is 10.2. The number of aromatic nitrogens is 2. The third-order valence-electron chi connectivity index (χ3n) is 3.14. The first-order chi connectivity index (χ1) is 10.3. The Balaban J connectivity index is 2.18. The molecular weight excluding hydrogens is 317 g/mol. The van der Waals surface area contributed by atoms with Crippen LogP contribution in [0.4, 0.5) is 13.2 Å². The number of alkyl halides is 3. The highest BCUT2D eigenvalue weighted by Crippen LogP contribution is 2.31. The second-order valence-corrected chi connectivity index (χ2v) is 6.37. The topological polar surface area (TPSA) is 52.0 Å². The average Bonchev–Trinajstić information content (AvgIpc) is 2.91. The van der Waals surface area contributed by atoms with E-state index in [2.05, 4.69) is 4.98 Å². The van der Waals surface area contributed by atoms with E-state index in [1.54, 1.807) is 18.2 Å². The Kier molecular flexibility index (Phi) is 3.21. The fraction of sp³-hybridized carbons (Fsp3) is 0.0714. The number of hydrogen-bond acceptors (Lipinski definition) is 3. The van der Waals surface area contributed by atoms with Gasteiger partial charge in [0.1, 0.15) is 6.33 Å². The van der Waals surface area contributed by atoms with Gasteiger partial charge in [0.25, 0.3) is 10.0 Å². The van der Waals surface area contributed by atoms with Crippen LogP contribution in [-0.2, 0) is 16.2 Å². The van der Waals surface area contributed by atoms with Crippen molar-refractivity contribution in [2.75, 3.05) is 0 Å². The van der Waals surface area contributed by atoms with Crippen LogP contribution in [0.5, 0.6) is 0 Å². The van der Waals surface area contributed by atoms with Crippen LogP contribution >= 0.6 is 0 Å². The van der Waals surface area contributed by atoms with Crippen LogP contribution in [0.25, 0.3) is 11.0 Å². The molecule has 1 heterocycles. The van der Waals surface area contributed by atoms with Gasteiger partial charge < -0.3 is 0 Å². The zero-order valence-electron chi connectivity index (χ0n) is 10.9. The molecule has 0 spiro atoms. The van der Waals surface area contributed by atoms with E-state index in [-0.39, 0.29) is 15.9 Å². The van der Waals surface area contributed by atoms with Gasteiger partial charge in [-0.25, -0.2) is 17.4 Å². The highest BCUT2D eigenvalue weighted by atomic mass is 32.2. The molecule has 3 aromatic rings. The summed E-state index contributed by atoms with van der Waals surface area (Å²) < 4.78 is 63.9. The lowest BCUT2D eigenvalue weighted by Crippen LogP contribution is -2.12. The summed E-state index contributed by atoms with van der Waals surface area (Å²) >= 11 is 0. The highest BCUT2D eigenvalue weighted by Gasteiger charge is 2.31. The van der Waals surface area contributed by atoms with Crippen molar-refractivity contribution in [2.24, 2.45) is 0 Å². The number of imidazole rings is 1. The van der Waals surface area contributed by atoms with Crippen LogP contribution in [0.3, 0.4) is 0 Å². The molecule has 114 valence electrons. The van der Waals surface area contributed by atoms with E-state index in [1.807, 2.05) is 0 Å². The molecule has 0 amide bonds. The molecule has 0 bridgehead atoms. The molecule has 0 saturated carbocycles. The lowest BCUT2D eigenvalue weighted by Gasteiger charge is -2.08. The maximum absolute atomic E-state index is 12.7. The second-order valence-electron chi connectivity index (χ2n) is 4.56. The number of nitrogens with zero attached hydrogens (tertiary/aromatic N) is 2. The SMILES string of the molecule is O=S(=O)(c1ccccc1)n1cnc2cc(C(F)(F)F)ccc21. The van der Waals surface area contributed by atoms with E-state index in [9.17, 15) is 21.6 Å². The van der Waals surface area contributed by atoms with Gasteiger partial charge in [0, 0.05) is 0 Å². The third-order valence-corrected chi connectivity index (χ3v) is 4.82. The van der Waals surface area contributed by atoms with Crippen molar-refractivity contribution in [1.82, 2.24) is 8.96 Å². The quantitative estimate of drug-likeness (QED) is 0.726. The second kappa shape index (κ2) is 4.84. The summed E-state index contributed by atoms with van der Waals surface area (Å²) in [7, 11) is -3.90. The van der Waals surface area contributed by atoms with Crippen molar-refractivity contribution in [1.29, 1.82) is 0 Å². The summed E-state index contributed by atoms with van der Waals surface area (Å²) in [4.78, 5) is 3.80. The minimum absolute atomic E-state index is 0.0330. The number of benzene rings is 2. The summed E-state index contributed by atoms with van der Waals surface area (Å²) in [6.07, 6.45) is -3.50. The van der Waals surface area contributed by atoms with Gasteiger partial charge in [-0.3, -0.25) is 0 Å². The average molecular weight is 326 g/mol. The minimum Gasteiger partial charge on any atom is -0.236 e. The molecule has 0 aliphatic carbocycles. The molecule has 0 fully saturated rings. The molecule has 0 aliphatic heterocycles. The first kappa shape index (κ1) is 14.6. The van der Waals surface area contributed by atoms with Gasteiger partial charge >= 0.3 is 6.18 Å². The normalized spacial score (nSPS) is 12.7. The van der Waals surface area contributed by atoms with Crippen molar-refractivity contribution < 1.29 is 21.6 Å². The van der Waals surface area contributed by atoms with Crippen LogP contribution in [0.15, 0.2) is 59.8 Å². The van der Waals surface area contributed by atoms with E-state index in [1.165, 1.54) is 12.1 Å². The van der Waals surface area contributed by atoms with E-state index < -0.39 is 21.8 Å². The van der Waals surface area contributed by atoms with Crippen molar-refractivity contribution in [3.8, 4) is 0 Å². The fourth-order valence-corrected chi connectivity index (χ4v) is 3.38. The van der Waals surface area contributed by atoms with Crippen molar-refractivity contribution in [3.05, 3.63) is 60.4 Å². The molecule has 22 heavy (non-hydrogen) atoms. The molecular formula is C14H9F3N2O2S. The van der Waals surface area contributed by atoms with E-state index in [0.29, 0.717) is 0 Å². The highest BCUT2D eigenvalue weighted by molar-refractivity contribution is 7.90. The van der Waals surface area contributed by atoms with E-state index in [0.717, 1.165) is 28.5 Å². The van der Waals surface area contributed by atoms with Gasteiger partial charge in [-0.1, -0.05) is 18.2 Å². The zero-order valence-corrected chi connectivity index (χ0v) is 11.8. The van der Waals surface area contributed by atoms with Gasteiger partial charge in [-0.2, -0.15) is 13.2 Å². The summed E-state index contributed by atoms with van der Waals surface area (Å²) in [5, 5.41) is 0. The molecule has 8 heteroatoms. The molecule has 0 atom stereocenters. The van der Waals surface area contributed by atoms with Gasteiger partial charge in [0.15, 0.2) is 0 Å². The van der Waals surface area contributed by atoms with Crippen LogP contribution < -0.4 is 0 Å². The van der Waals surface area contributed by atoms with Crippen LogP contribution in [0.1, 0.15) is 5.56 Å². The number of rotatable bonds is 2. The Bertz CT molecular complexity index is 932. The van der Waals surface area contributed by atoms with E-state index in [4.69, 9.17) is 0 Å². The maximum Gasteiger partial charge on any atom is 0.416 e. The third kappa shape index (κ3) is 2.35. The Morgan fingerprint density at radius 2 is 1.68 bits per heavy atom. The number of halogens is 3. The molecule has 4 nitrogen and oxygen atoms in total. The smallest absolute Gasteiger partial charge is 0.236 e. The summed E-state index contributed by atoms with van der Waals surface area (Å²) in [5.41, 5.74) is -0.812. The molecule has 1 aromatic heterocycles. The molecule has 0 N–H and O–H groups in total. The predicted molar refractivity (Wildman–Crippen MR) is 73.8 cm³/mol. The van der Waals surface area contributed by atoms with Gasteiger partial charge in [-0.15, -0.1) is 0 Å². The number of hydrogen-bond donors (Lipinski definition) is 0. The maximum atomic E-state index is 12.7. The predicted octanol–water partition coefficient (Wildman–Crippen LogP) is 3.29. The molecule has 2 aromatic carbocycles. The summed E-state index contributed by atoms with van der Waals surface area (Å²) in [6, 6.07) is 10.4. The molecule has 3 rings (SSSR count). The largest absolute Gasteiger partial charge is 0.416 e. The molecule has 0 aliphatic rings. The van der Waals surface area contributed by atoms with Crippen molar-refractivity contribution in [2.45, 2.75) is 11.1 Å². The van der Waals surface area contributed by atoms with Gasteiger partial charge in [0.05, 0.1) is 21.5 Å². The van der Waals surface area contributed by atoms with Gasteiger partial charge in [0.2, 0.25) is 0 Å². The van der Waals surface area contributed by atoms with Gasteiger partial charge in [-0.05, 0) is 30.3 Å². The van der Waals surface area contributed by atoms with Crippen LogP contribution in [0.2, 0.25) is 0 Å². The molecule has 0 saturated heterocycles. The fourth-order valence-electron chi connectivity index (χ4n) is 2.06. The van der Waals surface area contributed by atoms with Crippen LogP contribution in [-0.4, -0.2) is 17.4 Å². The zero-order chi connectivity index (χ0) is 16.0. The van der Waals surface area contributed by atoms with Crippen molar-refractivity contribution in [3.63, 3.8) is 0 Å². The minimum atomic E-state index is -4.50. The first-order valence-electron chi connectivity index (χ1n) is 6.15. The van der Waals surface area contributed by atoms with E-state index >= 15 is 0 Å². The Morgan fingerprint density at radius 1 is 1.00 bits per heavy atom. The number of fused-ring (bicyclic) bond motifs is 1. The monoisotopic (exact) mass is 326 g/mol. The Hall–Kier alpha value is -2.35. The summed E-state index contributed by atoms with van der Waals surface area (Å²) in [6.45, 7) is 0. The van der Waals surface area contributed by atoms with Crippen molar-refractivity contribution >= 4 is 21.1 Å². The van der Waals surface area contributed by atoms with Crippen LogP contribution in [0, 0.1) is 0 Å². The standard InChI is InChI=1S/C14H9F3N2O2S/c15-14(16,17)10-6-7-13-12(8-10)18-9-19(13)22(20,21)11-4-2-1-3-5-11/h1-9H. The molecule has 0 unspecified atom stereocenters.